The summed E-state index contributed by atoms with van der Waals surface area (Å²) in [5.74, 6) is -0.743. The number of phenols is 1. The molecule has 1 atom stereocenters. The van der Waals surface area contributed by atoms with Crippen LogP contribution in [0.1, 0.15) is 24.4 Å². The number of nitrogens with zero attached hydrogens (tertiary/aromatic N) is 1. The number of Topliss-reactive ketones (excluding diaryl/α,β-unsaturated/α-hetero) is 1. The maximum Gasteiger partial charge on any atom is 0.325 e. The van der Waals surface area contributed by atoms with Crippen molar-refractivity contribution in [3.8, 4) is 5.75 Å². The fourth-order valence-electron chi connectivity index (χ4n) is 2.24. The first-order valence-corrected chi connectivity index (χ1v) is 5.85. The van der Waals surface area contributed by atoms with Gasteiger partial charge in [0.1, 0.15) is 17.6 Å². The van der Waals surface area contributed by atoms with Crippen molar-refractivity contribution in [2.75, 3.05) is 13.1 Å². The van der Waals surface area contributed by atoms with E-state index in [0.717, 1.165) is 0 Å². The molecule has 1 heterocycles. The van der Waals surface area contributed by atoms with Crippen LogP contribution in [-0.4, -0.2) is 40.0 Å². The number of aliphatic carboxylic acids is 1. The average Bonchev–Trinajstić information content (AvgIpc) is 2.32. The van der Waals surface area contributed by atoms with Gasteiger partial charge in [0, 0.05) is 25.9 Å². The topological polar surface area (TPSA) is 77.8 Å². The van der Waals surface area contributed by atoms with Crippen LogP contribution in [0.2, 0.25) is 0 Å². The quantitative estimate of drug-likeness (QED) is 0.841. The SMILES string of the molecule is O=C1CCN(C(C(=O)O)c2cccc(O)c2)CC1. The molecular formula is C13H15NO4. The number of piperidine rings is 1. The molecule has 2 N–H and O–H groups in total. The lowest BCUT2D eigenvalue weighted by molar-refractivity contribution is -0.145. The van der Waals surface area contributed by atoms with E-state index in [4.69, 9.17) is 0 Å². The van der Waals surface area contributed by atoms with Crippen LogP contribution >= 0.6 is 0 Å². The molecular weight excluding hydrogens is 234 g/mol. The molecule has 0 aromatic heterocycles. The monoisotopic (exact) mass is 249 g/mol. The lowest BCUT2D eigenvalue weighted by atomic mass is 10.0. The predicted molar refractivity (Wildman–Crippen MR) is 64.3 cm³/mol. The molecule has 1 unspecified atom stereocenters. The zero-order valence-corrected chi connectivity index (χ0v) is 9.87. The highest BCUT2D eigenvalue weighted by molar-refractivity contribution is 5.80. The highest BCUT2D eigenvalue weighted by Crippen LogP contribution is 2.26. The van der Waals surface area contributed by atoms with E-state index in [1.54, 1.807) is 17.0 Å². The molecule has 0 amide bonds. The zero-order valence-electron chi connectivity index (χ0n) is 9.87. The van der Waals surface area contributed by atoms with E-state index in [2.05, 4.69) is 0 Å². The van der Waals surface area contributed by atoms with Gasteiger partial charge >= 0.3 is 5.97 Å². The molecule has 0 spiro atoms. The first-order valence-electron chi connectivity index (χ1n) is 5.85. The Morgan fingerprint density at radius 1 is 1.28 bits per heavy atom. The molecule has 96 valence electrons. The Labute approximate surface area is 105 Å². The number of hydrogen-bond donors (Lipinski definition) is 2. The number of carboxylic acid groups (broad SMARTS) is 1. The molecule has 0 bridgehead atoms. The van der Waals surface area contributed by atoms with Crippen molar-refractivity contribution in [3.05, 3.63) is 29.8 Å². The van der Waals surface area contributed by atoms with E-state index in [1.807, 2.05) is 0 Å². The van der Waals surface area contributed by atoms with E-state index in [1.165, 1.54) is 12.1 Å². The normalized spacial score (nSPS) is 18.6. The summed E-state index contributed by atoms with van der Waals surface area (Å²) in [4.78, 5) is 24.3. The number of carbonyl (C=O) groups excluding carboxylic acids is 1. The molecule has 2 rings (SSSR count). The fraction of sp³-hybridized carbons (Fsp3) is 0.385. The smallest absolute Gasteiger partial charge is 0.325 e. The van der Waals surface area contributed by atoms with Gasteiger partial charge in [-0.15, -0.1) is 0 Å². The summed E-state index contributed by atoms with van der Waals surface area (Å²) in [6, 6.07) is 5.45. The van der Waals surface area contributed by atoms with E-state index in [0.29, 0.717) is 31.5 Å². The van der Waals surface area contributed by atoms with Crippen molar-refractivity contribution in [2.24, 2.45) is 0 Å². The van der Waals surface area contributed by atoms with Gasteiger partial charge in [-0.3, -0.25) is 14.5 Å². The molecule has 5 nitrogen and oxygen atoms in total. The van der Waals surface area contributed by atoms with Crippen molar-refractivity contribution >= 4 is 11.8 Å². The summed E-state index contributed by atoms with van der Waals surface area (Å²) in [5, 5.41) is 18.7. The lowest BCUT2D eigenvalue weighted by Gasteiger charge is -2.31. The second kappa shape index (κ2) is 5.18. The van der Waals surface area contributed by atoms with Crippen LogP contribution < -0.4 is 0 Å². The van der Waals surface area contributed by atoms with Crippen molar-refractivity contribution in [1.29, 1.82) is 0 Å². The molecule has 0 aliphatic carbocycles. The molecule has 18 heavy (non-hydrogen) atoms. The number of carboxylic acids is 1. The highest BCUT2D eigenvalue weighted by Gasteiger charge is 2.30. The van der Waals surface area contributed by atoms with E-state index in [9.17, 15) is 19.8 Å². The maximum absolute atomic E-state index is 11.4. The van der Waals surface area contributed by atoms with Crippen molar-refractivity contribution in [1.82, 2.24) is 4.90 Å². The first-order chi connectivity index (χ1) is 8.58. The maximum atomic E-state index is 11.4. The number of phenolic OH excluding ortho intramolecular Hbond substituents is 1. The van der Waals surface area contributed by atoms with Gasteiger partial charge in [-0.1, -0.05) is 12.1 Å². The lowest BCUT2D eigenvalue weighted by Crippen LogP contribution is -2.40. The van der Waals surface area contributed by atoms with Gasteiger partial charge in [0.2, 0.25) is 0 Å². The average molecular weight is 249 g/mol. The molecule has 1 saturated heterocycles. The Balaban J connectivity index is 2.23. The van der Waals surface area contributed by atoms with Crippen molar-refractivity contribution in [2.45, 2.75) is 18.9 Å². The third-order valence-electron chi connectivity index (χ3n) is 3.14. The van der Waals surface area contributed by atoms with Gasteiger partial charge in [-0.05, 0) is 17.7 Å². The Morgan fingerprint density at radius 2 is 1.94 bits per heavy atom. The second-order valence-corrected chi connectivity index (χ2v) is 4.41. The number of likely N-dealkylation sites (tertiary alicyclic amines) is 1. The van der Waals surface area contributed by atoms with Crippen LogP contribution in [0.25, 0.3) is 0 Å². The molecule has 0 radical (unpaired) electrons. The van der Waals surface area contributed by atoms with Crippen LogP contribution in [0.3, 0.4) is 0 Å². The van der Waals surface area contributed by atoms with Gasteiger partial charge in [0.05, 0.1) is 0 Å². The molecule has 5 heteroatoms. The van der Waals surface area contributed by atoms with E-state index < -0.39 is 12.0 Å². The van der Waals surface area contributed by atoms with Crippen LogP contribution in [0, 0.1) is 0 Å². The summed E-state index contributed by atoms with van der Waals surface area (Å²) < 4.78 is 0. The number of carbonyl (C=O) groups is 2. The minimum atomic E-state index is -0.963. The molecule has 1 aliphatic heterocycles. The summed E-state index contributed by atoms with van der Waals surface area (Å²) in [7, 11) is 0. The minimum absolute atomic E-state index is 0.0480. The number of benzene rings is 1. The molecule has 1 aromatic carbocycles. The third kappa shape index (κ3) is 2.68. The Kier molecular flexibility index (Phi) is 3.62. The Morgan fingerprint density at radius 3 is 2.50 bits per heavy atom. The Bertz CT molecular complexity index is 462. The highest BCUT2D eigenvalue weighted by atomic mass is 16.4. The number of ketones is 1. The van der Waals surface area contributed by atoms with Crippen molar-refractivity contribution < 1.29 is 19.8 Å². The van der Waals surface area contributed by atoms with Crippen molar-refractivity contribution in [3.63, 3.8) is 0 Å². The summed E-state index contributed by atoms with van der Waals surface area (Å²) in [6.07, 6.45) is 0.783. The van der Waals surface area contributed by atoms with Gasteiger partial charge in [0.15, 0.2) is 0 Å². The van der Waals surface area contributed by atoms with Crippen LogP contribution in [0.15, 0.2) is 24.3 Å². The fourth-order valence-corrected chi connectivity index (χ4v) is 2.24. The van der Waals surface area contributed by atoms with Crippen LogP contribution in [0.5, 0.6) is 5.75 Å². The van der Waals surface area contributed by atoms with E-state index >= 15 is 0 Å². The van der Waals surface area contributed by atoms with Gasteiger partial charge in [-0.2, -0.15) is 0 Å². The third-order valence-corrected chi connectivity index (χ3v) is 3.14. The van der Waals surface area contributed by atoms with Crippen LogP contribution in [0.4, 0.5) is 0 Å². The zero-order chi connectivity index (χ0) is 13.1. The van der Waals surface area contributed by atoms with Crippen LogP contribution in [-0.2, 0) is 9.59 Å². The number of rotatable bonds is 3. The van der Waals surface area contributed by atoms with Gasteiger partial charge in [0.25, 0.3) is 0 Å². The molecule has 1 aromatic rings. The molecule has 0 saturated carbocycles. The van der Waals surface area contributed by atoms with Gasteiger partial charge in [-0.25, -0.2) is 0 Å². The molecule has 1 aliphatic rings. The summed E-state index contributed by atoms with van der Waals surface area (Å²) in [6.45, 7) is 0.900. The standard InChI is InChI=1S/C13H15NO4/c15-10-4-6-14(7-5-10)12(13(17)18)9-2-1-3-11(16)8-9/h1-3,8,12,16H,4-7H2,(H,17,18). The molecule has 1 fully saturated rings. The summed E-state index contributed by atoms with van der Waals surface area (Å²) in [5.41, 5.74) is 0.539. The van der Waals surface area contributed by atoms with E-state index in [-0.39, 0.29) is 11.5 Å². The Hall–Kier alpha value is -1.88. The second-order valence-electron chi connectivity index (χ2n) is 4.41. The minimum Gasteiger partial charge on any atom is -0.508 e. The largest absolute Gasteiger partial charge is 0.508 e. The predicted octanol–water partition coefficient (Wildman–Crippen LogP) is 1.18. The first kappa shape index (κ1) is 12.6. The number of hydrogen-bond acceptors (Lipinski definition) is 4. The summed E-state index contributed by atoms with van der Waals surface area (Å²) >= 11 is 0. The van der Waals surface area contributed by atoms with Gasteiger partial charge < -0.3 is 10.2 Å². The number of aromatic hydroxyl groups is 1.